The lowest BCUT2D eigenvalue weighted by molar-refractivity contribution is 0.237. The fourth-order valence-electron chi connectivity index (χ4n) is 1.99. The van der Waals surface area contributed by atoms with E-state index in [0.717, 1.165) is 17.5 Å². The van der Waals surface area contributed by atoms with Crippen LogP contribution in [0, 0.1) is 0 Å². The third-order valence-corrected chi connectivity index (χ3v) is 3.29. The molecule has 1 unspecified atom stereocenters. The SMILES string of the molecule is CCC(C)NC(=O)NCCn1c(=O)[nH]c2ccccc21. The molecule has 0 aliphatic rings. The first-order valence-electron chi connectivity index (χ1n) is 6.83. The molecular weight excluding hydrogens is 256 g/mol. The van der Waals surface area contributed by atoms with E-state index in [9.17, 15) is 9.59 Å². The van der Waals surface area contributed by atoms with Gasteiger partial charge in [0.15, 0.2) is 0 Å². The Morgan fingerprint density at radius 3 is 2.90 bits per heavy atom. The van der Waals surface area contributed by atoms with Crippen molar-refractivity contribution in [3.63, 3.8) is 0 Å². The number of imidazole rings is 1. The molecule has 1 heterocycles. The second-order valence-electron chi connectivity index (χ2n) is 4.81. The van der Waals surface area contributed by atoms with Crippen molar-refractivity contribution in [2.24, 2.45) is 0 Å². The summed E-state index contributed by atoms with van der Waals surface area (Å²) in [5, 5.41) is 5.57. The molecule has 1 aromatic heterocycles. The van der Waals surface area contributed by atoms with Gasteiger partial charge in [-0.05, 0) is 25.5 Å². The van der Waals surface area contributed by atoms with Crippen LogP contribution in [0.15, 0.2) is 29.1 Å². The highest BCUT2D eigenvalue weighted by atomic mass is 16.2. The van der Waals surface area contributed by atoms with E-state index in [0.29, 0.717) is 13.1 Å². The summed E-state index contributed by atoms with van der Waals surface area (Å²) in [7, 11) is 0. The Labute approximate surface area is 117 Å². The molecule has 6 heteroatoms. The highest BCUT2D eigenvalue weighted by Gasteiger charge is 2.07. The average molecular weight is 276 g/mol. The number of hydrogen-bond donors (Lipinski definition) is 3. The number of nitrogens with zero attached hydrogens (tertiary/aromatic N) is 1. The zero-order valence-electron chi connectivity index (χ0n) is 11.8. The number of amides is 2. The summed E-state index contributed by atoms with van der Waals surface area (Å²) in [6.45, 7) is 4.81. The number of aromatic amines is 1. The smallest absolute Gasteiger partial charge is 0.326 e. The second kappa shape index (κ2) is 6.27. The number of rotatable bonds is 5. The topological polar surface area (TPSA) is 78.9 Å². The summed E-state index contributed by atoms with van der Waals surface area (Å²) >= 11 is 0. The zero-order chi connectivity index (χ0) is 14.5. The van der Waals surface area contributed by atoms with E-state index in [1.807, 2.05) is 38.1 Å². The van der Waals surface area contributed by atoms with Crippen LogP contribution in [0.4, 0.5) is 4.79 Å². The lowest BCUT2D eigenvalue weighted by atomic mass is 10.3. The summed E-state index contributed by atoms with van der Waals surface area (Å²) in [5.74, 6) is 0. The van der Waals surface area contributed by atoms with Crippen LogP contribution in [-0.2, 0) is 6.54 Å². The largest absolute Gasteiger partial charge is 0.336 e. The van der Waals surface area contributed by atoms with Crippen molar-refractivity contribution in [3.8, 4) is 0 Å². The van der Waals surface area contributed by atoms with Crippen molar-refractivity contribution in [3.05, 3.63) is 34.7 Å². The summed E-state index contributed by atoms with van der Waals surface area (Å²) < 4.78 is 1.62. The number of carbonyl (C=O) groups is 1. The number of H-pyrrole nitrogens is 1. The Bertz CT molecular complexity index is 644. The van der Waals surface area contributed by atoms with Gasteiger partial charge in [-0.25, -0.2) is 9.59 Å². The molecule has 2 amide bonds. The van der Waals surface area contributed by atoms with Crippen LogP contribution in [0.2, 0.25) is 0 Å². The van der Waals surface area contributed by atoms with Gasteiger partial charge in [-0.15, -0.1) is 0 Å². The molecule has 3 N–H and O–H groups in total. The first-order chi connectivity index (χ1) is 9.61. The number of nitrogens with one attached hydrogen (secondary N) is 3. The summed E-state index contributed by atoms with van der Waals surface area (Å²) in [6, 6.07) is 7.44. The van der Waals surface area contributed by atoms with Crippen LogP contribution in [-0.4, -0.2) is 28.2 Å². The molecule has 0 saturated carbocycles. The van der Waals surface area contributed by atoms with Gasteiger partial charge in [0.1, 0.15) is 0 Å². The molecule has 0 radical (unpaired) electrons. The van der Waals surface area contributed by atoms with Crippen molar-refractivity contribution in [1.82, 2.24) is 20.2 Å². The summed E-state index contributed by atoms with van der Waals surface area (Å²) in [4.78, 5) is 26.2. The molecule has 2 rings (SSSR count). The van der Waals surface area contributed by atoms with E-state index in [2.05, 4.69) is 15.6 Å². The van der Waals surface area contributed by atoms with Crippen molar-refractivity contribution >= 4 is 17.1 Å². The molecule has 20 heavy (non-hydrogen) atoms. The zero-order valence-corrected chi connectivity index (χ0v) is 11.8. The molecule has 0 fully saturated rings. The van der Waals surface area contributed by atoms with E-state index in [1.54, 1.807) is 4.57 Å². The molecule has 0 saturated heterocycles. The minimum atomic E-state index is -0.202. The second-order valence-corrected chi connectivity index (χ2v) is 4.81. The van der Waals surface area contributed by atoms with Gasteiger partial charge in [0.25, 0.3) is 0 Å². The molecule has 2 aromatic rings. The standard InChI is InChI=1S/C14H20N4O2/c1-3-10(2)16-13(19)15-8-9-18-12-7-5-4-6-11(12)17-14(18)20/h4-7,10H,3,8-9H2,1-2H3,(H,17,20)(H2,15,16,19). The van der Waals surface area contributed by atoms with Crippen LogP contribution < -0.4 is 16.3 Å². The monoisotopic (exact) mass is 276 g/mol. The number of para-hydroxylation sites is 2. The Morgan fingerprint density at radius 2 is 2.15 bits per heavy atom. The maximum atomic E-state index is 11.8. The fraction of sp³-hybridized carbons (Fsp3) is 0.429. The van der Waals surface area contributed by atoms with Crippen LogP contribution in [0.5, 0.6) is 0 Å². The maximum Gasteiger partial charge on any atom is 0.326 e. The van der Waals surface area contributed by atoms with Gasteiger partial charge in [0, 0.05) is 19.1 Å². The number of urea groups is 1. The summed E-state index contributed by atoms with van der Waals surface area (Å²) in [5.41, 5.74) is 1.50. The van der Waals surface area contributed by atoms with Gasteiger partial charge >= 0.3 is 11.7 Å². The van der Waals surface area contributed by atoms with Crippen LogP contribution >= 0.6 is 0 Å². The average Bonchev–Trinajstić information content (AvgIpc) is 2.75. The molecule has 0 bridgehead atoms. The molecule has 0 aliphatic carbocycles. The van der Waals surface area contributed by atoms with E-state index in [1.165, 1.54) is 0 Å². The van der Waals surface area contributed by atoms with Crippen molar-refractivity contribution in [1.29, 1.82) is 0 Å². The number of fused-ring (bicyclic) bond motifs is 1. The van der Waals surface area contributed by atoms with E-state index in [-0.39, 0.29) is 17.8 Å². The van der Waals surface area contributed by atoms with Gasteiger partial charge in [0.2, 0.25) is 0 Å². The fourth-order valence-corrected chi connectivity index (χ4v) is 1.99. The molecule has 0 aliphatic heterocycles. The number of benzene rings is 1. The van der Waals surface area contributed by atoms with Gasteiger partial charge in [-0.2, -0.15) is 0 Å². The molecule has 6 nitrogen and oxygen atoms in total. The summed E-state index contributed by atoms with van der Waals surface area (Å²) in [6.07, 6.45) is 0.884. The Kier molecular flexibility index (Phi) is 4.45. The Hall–Kier alpha value is -2.24. The molecule has 108 valence electrons. The molecule has 1 atom stereocenters. The van der Waals surface area contributed by atoms with Crippen molar-refractivity contribution in [2.75, 3.05) is 6.54 Å². The quantitative estimate of drug-likeness (QED) is 0.772. The highest BCUT2D eigenvalue weighted by molar-refractivity contribution is 5.75. The van der Waals surface area contributed by atoms with Crippen LogP contribution in [0.25, 0.3) is 11.0 Å². The predicted octanol–water partition coefficient (Wildman–Crippen LogP) is 1.43. The molecule has 1 aromatic carbocycles. The van der Waals surface area contributed by atoms with E-state index >= 15 is 0 Å². The lowest BCUT2D eigenvalue weighted by Gasteiger charge is -2.12. The molecular formula is C14H20N4O2. The first-order valence-corrected chi connectivity index (χ1v) is 6.83. The third kappa shape index (κ3) is 3.20. The lowest BCUT2D eigenvalue weighted by Crippen LogP contribution is -2.42. The minimum Gasteiger partial charge on any atom is -0.336 e. The number of carbonyl (C=O) groups excluding carboxylic acids is 1. The maximum absolute atomic E-state index is 11.8. The van der Waals surface area contributed by atoms with Gasteiger partial charge in [0.05, 0.1) is 11.0 Å². The molecule has 0 spiro atoms. The van der Waals surface area contributed by atoms with E-state index < -0.39 is 0 Å². The number of aromatic nitrogens is 2. The van der Waals surface area contributed by atoms with Crippen LogP contribution in [0.1, 0.15) is 20.3 Å². The first kappa shape index (κ1) is 14.2. The normalized spacial score (nSPS) is 12.3. The Balaban J connectivity index is 1.95. The Morgan fingerprint density at radius 1 is 1.40 bits per heavy atom. The van der Waals surface area contributed by atoms with E-state index in [4.69, 9.17) is 0 Å². The minimum absolute atomic E-state index is 0.144. The van der Waals surface area contributed by atoms with Gasteiger partial charge < -0.3 is 15.6 Å². The highest BCUT2D eigenvalue weighted by Crippen LogP contribution is 2.08. The van der Waals surface area contributed by atoms with Gasteiger partial charge in [-0.1, -0.05) is 19.1 Å². The number of hydrogen-bond acceptors (Lipinski definition) is 2. The van der Waals surface area contributed by atoms with Crippen LogP contribution in [0.3, 0.4) is 0 Å². The third-order valence-electron chi connectivity index (χ3n) is 3.29. The predicted molar refractivity (Wildman–Crippen MR) is 78.8 cm³/mol. The van der Waals surface area contributed by atoms with Gasteiger partial charge in [-0.3, -0.25) is 4.57 Å². The van der Waals surface area contributed by atoms with Crippen molar-refractivity contribution < 1.29 is 4.79 Å². The van der Waals surface area contributed by atoms with Crippen molar-refractivity contribution in [2.45, 2.75) is 32.9 Å².